The summed E-state index contributed by atoms with van der Waals surface area (Å²) in [4.78, 5) is 10.9. The Hall–Kier alpha value is -1.82. The maximum absolute atomic E-state index is 11.3. The Labute approximate surface area is 132 Å². The number of methoxy groups -OCH3 is 1. The third kappa shape index (κ3) is 5.52. The number of nitrogens with one attached hydrogen (secondary N) is 1. The summed E-state index contributed by atoms with van der Waals surface area (Å²) in [6.07, 6.45) is 3.99. The second kappa shape index (κ2) is 10.00. The highest BCUT2D eigenvalue weighted by molar-refractivity contribution is 5.58. The van der Waals surface area contributed by atoms with Crippen LogP contribution in [-0.2, 0) is 6.54 Å². The molecule has 0 bridgehead atoms. The zero-order chi connectivity index (χ0) is 16.4. The Morgan fingerprint density at radius 3 is 2.59 bits per heavy atom. The lowest BCUT2D eigenvalue weighted by atomic mass is 10.1. The fraction of sp³-hybridized carbons (Fsp3) is 0.625. The molecular formula is C16H26N2O4. The SMILES string of the molecule is CCCCCOc1c(OC)cc(CNCCC)cc1[N+](=O)[O-]. The first kappa shape index (κ1) is 18.2. The molecule has 0 unspecified atom stereocenters. The van der Waals surface area contributed by atoms with Gasteiger partial charge in [0.1, 0.15) is 0 Å². The van der Waals surface area contributed by atoms with Gasteiger partial charge in [0.15, 0.2) is 5.75 Å². The number of benzene rings is 1. The fourth-order valence-corrected chi connectivity index (χ4v) is 2.11. The van der Waals surface area contributed by atoms with Gasteiger partial charge < -0.3 is 14.8 Å². The van der Waals surface area contributed by atoms with Crippen LogP contribution < -0.4 is 14.8 Å². The molecule has 0 fully saturated rings. The lowest BCUT2D eigenvalue weighted by Crippen LogP contribution is -2.14. The highest BCUT2D eigenvalue weighted by Gasteiger charge is 2.22. The first-order chi connectivity index (χ1) is 10.6. The second-order valence-corrected chi connectivity index (χ2v) is 5.14. The molecule has 0 heterocycles. The van der Waals surface area contributed by atoms with Crippen LogP contribution in [0, 0.1) is 10.1 Å². The van der Waals surface area contributed by atoms with Gasteiger partial charge in [0.25, 0.3) is 0 Å². The highest BCUT2D eigenvalue weighted by Crippen LogP contribution is 2.38. The van der Waals surface area contributed by atoms with Gasteiger partial charge >= 0.3 is 5.69 Å². The Bertz CT molecular complexity index is 477. The number of ether oxygens (including phenoxy) is 2. The predicted octanol–water partition coefficient (Wildman–Crippen LogP) is 3.67. The van der Waals surface area contributed by atoms with E-state index in [1.54, 1.807) is 12.1 Å². The van der Waals surface area contributed by atoms with Gasteiger partial charge in [0, 0.05) is 12.6 Å². The minimum atomic E-state index is -0.416. The van der Waals surface area contributed by atoms with Crippen LogP contribution in [0.25, 0.3) is 0 Å². The molecule has 0 spiro atoms. The predicted molar refractivity (Wildman–Crippen MR) is 86.7 cm³/mol. The standard InChI is InChI=1S/C16H26N2O4/c1-4-6-7-9-22-16-14(18(19)20)10-13(11-15(16)21-3)12-17-8-5-2/h10-11,17H,4-9,12H2,1-3H3. The first-order valence-corrected chi connectivity index (χ1v) is 7.82. The molecular weight excluding hydrogens is 284 g/mol. The molecule has 6 heteroatoms. The molecule has 1 N–H and O–H groups in total. The maximum Gasteiger partial charge on any atom is 0.315 e. The summed E-state index contributed by atoms with van der Waals surface area (Å²) in [5.74, 6) is 0.641. The number of hydrogen-bond donors (Lipinski definition) is 1. The van der Waals surface area contributed by atoms with Gasteiger partial charge in [-0.1, -0.05) is 26.7 Å². The zero-order valence-electron chi connectivity index (χ0n) is 13.7. The van der Waals surface area contributed by atoms with Crippen molar-refractivity contribution in [1.82, 2.24) is 5.32 Å². The van der Waals surface area contributed by atoms with Crippen LogP contribution in [0.15, 0.2) is 12.1 Å². The van der Waals surface area contributed by atoms with Gasteiger partial charge in [-0.3, -0.25) is 10.1 Å². The number of unbranched alkanes of at least 4 members (excludes halogenated alkanes) is 2. The number of nitro groups is 1. The van der Waals surface area contributed by atoms with Crippen LogP contribution in [0.3, 0.4) is 0 Å². The smallest absolute Gasteiger partial charge is 0.315 e. The second-order valence-electron chi connectivity index (χ2n) is 5.14. The van der Waals surface area contributed by atoms with Crippen LogP contribution in [0.4, 0.5) is 5.69 Å². The molecule has 1 rings (SSSR count). The van der Waals surface area contributed by atoms with Crippen molar-refractivity contribution in [2.45, 2.75) is 46.1 Å². The highest BCUT2D eigenvalue weighted by atomic mass is 16.6. The van der Waals surface area contributed by atoms with Crippen molar-refractivity contribution in [3.05, 3.63) is 27.8 Å². The molecule has 0 amide bonds. The van der Waals surface area contributed by atoms with E-state index < -0.39 is 4.92 Å². The topological polar surface area (TPSA) is 73.6 Å². The molecule has 0 saturated heterocycles. The summed E-state index contributed by atoms with van der Waals surface area (Å²) in [5, 5.41) is 14.5. The summed E-state index contributed by atoms with van der Waals surface area (Å²) in [7, 11) is 1.50. The summed E-state index contributed by atoms with van der Waals surface area (Å²) >= 11 is 0. The number of rotatable bonds is 11. The molecule has 0 saturated carbocycles. The summed E-state index contributed by atoms with van der Waals surface area (Å²) in [5.41, 5.74) is 0.780. The van der Waals surface area contributed by atoms with Crippen molar-refractivity contribution in [1.29, 1.82) is 0 Å². The average molecular weight is 310 g/mol. The minimum Gasteiger partial charge on any atom is -0.493 e. The van der Waals surface area contributed by atoms with Gasteiger partial charge in [-0.25, -0.2) is 0 Å². The van der Waals surface area contributed by atoms with Gasteiger partial charge in [-0.15, -0.1) is 0 Å². The van der Waals surface area contributed by atoms with E-state index in [2.05, 4.69) is 19.2 Å². The molecule has 6 nitrogen and oxygen atoms in total. The van der Waals surface area contributed by atoms with Crippen molar-refractivity contribution >= 4 is 5.69 Å². The van der Waals surface area contributed by atoms with Crippen molar-refractivity contribution in [3.63, 3.8) is 0 Å². The van der Waals surface area contributed by atoms with Gasteiger partial charge in [0.05, 0.1) is 18.6 Å². The summed E-state index contributed by atoms with van der Waals surface area (Å²) in [6.45, 7) is 6.06. The molecule has 0 atom stereocenters. The Kier molecular flexibility index (Phi) is 8.28. The Morgan fingerprint density at radius 2 is 2.00 bits per heavy atom. The molecule has 124 valence electrons. The van der Waals surface area contributed by atoms with E-state index in [-0.39, 0.29) is 11.4 Å². The lowest BCUT2D eigenvalue weighted by Gasteiger charge is -2.13. The summed E-state index contributed by atoms with van der Waals surface area (Å²) in [6, 6.07) is 3.35. The third-order valence-electron chi connectivity index (χ3n) is 3.26. The molecule has 0 radical (unpaired) electrons. The van der Waals surface area contributed by atoms with Gasteiger partial charge in [-0.05, 0) is 31.0 Å². The van der Waals surface area contributed by atoms with Crippen LogP contribution in [0.2, 0.25) is 0 Å². The van der Waals surface area contributed by atoms with E-state index in [0.29, 0.717) is 18.9 Å². The zero-order valence-corrected chi connectivity index (χ0v) is 13.7. The molecule has 22 heavy (non-hydrogen) atoms. The van der Waals surface area contributed by atoms with Gasteiger partial charge in [0.2, 0.25) is 5.75 Å². The minimum absolute atomic E-state index is 0.0378. The molecule has 0 aliphatic heterocycles. The first-order valence-electron chi connectivity index (χ1n) is 7.82. The van der Waals surface area contributed by atoms with E-state index in [9.17, 15) is 10.1 Å². The fourth-order valence-electron chi connectivity index (χ4n) is 2.11. The molecule has 0 aliphatic carbocycles. The van der Waals surface area contributed by atoms with Gasteiger partial charge in [-0.2, -0.15) is 0 Å². The normalized spacial score (nSPS) is 10.5. The van der Waals surface area contributed by atoms with E-state index in [1.165, 1.54) is 7.11 Å². The summed E-state index contributed by atoms with van der Waals surface area (Å²) < 4.78 is 10.9. The van der Waals surface area contributed by atoms with Crippen molar-refractivity contribution in [2.24, 2.45) is 0 Å². The maximum atomic E-state index is 11.3. The van der Waals surface area contributed by atoms with Crippen LogP contribution in [0.1, 0.15) is 45.1 Å². The lowest BCUT2D eigenvalue weighted by molar-refractivity contribution is -0.386. The largest absolute Gasteiger partial charge is 0.493 e. The number of nitrogens with zero attached hydrogens (tertiary/aromatic N) is 1. The monoisotopic (exact) mass is 310 g/mol. The van der Waals surface area contributed by atoms with E-state index >= 15 is 0 Å². The quantitative estimate of drug-likeness (QED) is 0.383. The van der Waals surface area contributed by atoms with Crippen LogP contribution in [-0.4, -0.2) is 25.2 Å². The van der Waals surface area contributed by atoms with Crippen LogP contribution in [0.5, 0.6) is 11.5 Å². The Morgan fingerprint density at radius 1 is 1.23 bits per heavy atom. The average Bonchev–Trinajstić information content (AvgIpc) is 2.51. The number of nitro benzene ring substituents is 1. The van der Waals surface area contributed by atoms with Crippen molar-refractivity contribution < 1.29 is 14.4 Å². The molecule has 1 aromatic rings. The van der Waals surface area contributed by atoms with E-state index in [0.717, 1.165) is 37.8 Å². The van der Waals surface area contributed by atoms with Crippen LogP contribution >= 0.6 is 0 Å². The van der Waals surface area contributed by atoms with Crippen molar-refractivity contribution in [3.8, 4) is 11.5 Å². The molecule has 0 aromatic heterocycles. The number of hydrogen-bond acceptors (Lipinski definition) is 5. The Balaban J connectivity index is 2.94. The molecule has 1 aromatic carbocycles. The molecule has 0 aliphatic rings. The van der Waals surface area contributed by atoms with E-state index in [4.69, 9.17) is 9.47 Å². The third-order valence-corrected chi connectivity index (χ3v) is 3.26. The van der Waals surface area contributed by atoms with E-state index in [1.807, 2.05) is 0 Å². The van der Waals surface area contributed by atoms with Crippen molar-refractivity contribution in [2.75, 3.05) is 20.3 Å².